The number of nitrogens with two attached hydrogens (primary N) is 1. The van der Waals surface area contributed by atoms with Gasteiger partial charge in [0, 0.05) is 28.8 Å². The monoisotopic (exact) mass is 517 g/mol. The SMILES string of the molecule is NS(=O)(=O)c1ccc(Cc2c(-c3ccc(F)c(C4=Cc5ccccc5C4)c3)n[nH]c2CC2CC2)cc1F. The quantitative estimate of drug-likeness (QED) is 0.332. The molecule has 1 fully saturated rings. The van der Waals surface area contributed by atoms with E-state index in [1.165, 1.54) is 23.8 Å². The van der Waals surface area contributed by atoms with Crippen LogP contribution in [0.3, 0.4) is 0 Å². The van der Waals surface area contributed by atoms with Crippen molar-refractivity contribution in [2.45, 2.75) is 37.0 Å². The Kier molecular flexibility index (Phi) is 5.81. The molecule has 0 spiro atoms. The molecule has 0 saturated heterocycles. The molecule has 0 unspecified atom stereocenters. The van der Waals surface area contributed by atoms with E-state index in [0.717, 1.165) is 47.2 Å². The predicted octanol–water partition coefficient (Wildman–Crippen LogP) is 5.64. The molecule has 3 N–H and O–H groups in total. The Labute approximate surface area is 214 Å². The van der Waals surface area contributed by atoms with Gasteiger partial charge in [-0.15, -0.1) is 0 Å². The number of halogens is 2. The van der Waals surface area contributed by atoms with Crippen LogP contribution < -0.4 is 5.14 Å². The van der Waals surface area contributed by atoms with Crippen molar-refractivity contribution in [3.63, 3.8) is 0 Å². The van der Waals surface area contributed by atoms with Gasteiger partial charge in [0.15, 0.2) is 0 Å². The summed E-state index contributed by atoms with van der Waals surface area (Å²) in [5.41, 5.74) is 7.63. The Balaban J connectivity index is 1.38. The number of hydrogen-bond acceptors (Lipinski definition) is 3. The lowest BCUT2D eigenvalue weighted by Crippen LogP contribution is -2.14. The Hall–Kier alpha value is -3.62. The van der Waals surface area contributed by atoms with Crippen LogP contribution in [0.1, 0.15) is 46.4 Å². The Bertz CT molecular complexity index is 1670. The van der Waals surface area contributed by atoms with E-state index in [4.69, 9.17) is 5.14 Å². The maximum atomic E-state index is 15.0. The van der Waals surface area contributed by atoms with E-state index in [0.29, 0.717) is 35.6 Å². The van der Waals surface area contributed by atoms with Crippen molar-refractivity contribution in [2.75, 3.05) is 0 Å². The standard InChI is InChI=1S/C29H25F2N3O2S/c30-25-9-8-21(16-23(25)22-14-19-3-1-2-4-20(19)15-22)29-24(27(33-34-29)13-17-5-6-17)11-18-7-10-28(26(31)12-18)37(32,35)36/h1-4,7-10,12,14,16-17H,5-6,11,13,15H2,(H,33,34)(H2,32,35,36). The summed E-state index contributed by atoms with van der Waals surface area (Å²) in [5.74, 6) is -0.594. The smallest absolute Gasteiger partial charge is 0.240 e. The number of rotatable bonds is 7. The van der Waals surface area contributed by atoms with Crippen LogP contribution in [0.4, 0.5) is 8.78 Å². The third kappa shape index (κ3) is 4.74. The highest BCUT2D eigenvalue weighted by Crippen LogP contribution is 2.38. The molecule has 4 aromatic rings. The predicted molar refractivity (Wildman–Crippen MR) is 139 cm³/mol. The van der Waals surface area contributed by atoms with E-state index in [9.17, 15) is 12.8 Å². The maximum absolute atomic E-state index is 15.0. The molecule has 3 aromatic carbocycles. The highest BCUT2D eigenvalue weighted by atomic mass is 32.2. The summed E-state index contributed by atoms with van der Waals surface area (Å²) in [6, 6.07) is 17.0. The van der Waals surface area contributed by atoms with Crippen molar-refractivity contribution in [3.05, 3.63) is 106 Å². The van der Waals surface area contributed by atoms with E-state index in [1.807, 2.05) is 30.3 Å². The minimum absolute atomic E-state index is 0.293. The summed E-state index contributed by atoms with van der Waals surface area (Å²) >= 11 is 0. The van der Waals surface area contributed by atoms with Gasteiger partial charge in [-0.1, -0.05) is 36.4 Å². The van der Waals surface area contributed by atoms with Gasteiger partial charge in [-0.05, 0) is 84.2 Å². The topological polar surface area (TPSA) is 88.8 Å². The second-order valence-corrected chi connectivity index (χ2v) is 11.4. The molecule has 1 saturated carbocycles. The van der Waals surface area contributed by atoms with Crippen molar-refractivity contribution in [2.24, 2.45) is 11.1 Å². The number of nitrogens with one attached hydrogen (secondary N) is 1. The number of aromatic amines is 1. The summed E-state index contributed by atoms with van der Waals surface area (Å²) in [4.78, 5) is -0.532. The fraction of sp³-hybridized carbons (Fsp3) is 0.207. The molecule has 1 heterocycles. The number of sulfonamides is 1. The molecule has 0 amide bonds. The number of aromatic nitrogens is 2. The fourth-order valence-corrected chi connectivity index (χ4v) is 5.66. The first-order chi connectivity index (χ1) is 17.8. The average Bonchev–Trinajstić information content (AvgIpc) is 3.43. The van der Waals surface area contributed by atoms with Crippen LogP contribution in [0, 0.1) is 17.6 Å². The van der Waals surface area contributed by atoms with Gasteiger partial charge in [0.1, 0.15) is 16.5 Å². The van der Waals surface area contributed by atoms with Crippen LogP contribution in [0.15, 0.2) is 65.6 Å². The molecule has 0 bridgehead atoms. The molecule has 8 heteroatoms. The first-order valence-electron chi connectivity index (χ1n) is 12.2. The minimum Gasteiger partial charge on any atom is -0.282 e. The molecular weight excluding hydrogens is 492 g/mol. The second kappa shape index (κ2) is 9.04. The van der Waals surface area contributed by atoms with Crippen molar-refractivity contribution >= 4 is 21.7 Å². The molecule has 37 heavy (non-hydrogen) atoms. The highest BCUT2D eigenvalue weighted by molar-refractivity contribution is 7.89. The first-order valence-corrected chi connectivity index (χ1v) is 13.8. The average molecular weight is 518 g/mol. The van der Waals surface area contributed by atoms with E-state index < -0.39 is 20.7 Å². The van der Waals surface area contributed by atoms with Crippen LogP contribution in [0.2, 0.25) is 0 Å². The lowest BCUT2D eigenvalue weighted by Gasteiger charge is -2.10. The van der Waals surface area contributed by atoms with Crippen molar-refractivity contribution in [1.82, 2.24) is 10.2 Å². The Morgan fingerprint density at radius 3 is 2.54 bits per heavy atom. The normalized spacial score (nSPS) is 15.1. The third-order valence-electron chi connectivity index (χ3n) is 7.18. The molecule has 1 aromatic heterocycles. The van der Waals surface area contributed by atoms with E-state index in [-0.39, 0.29) is 5.82 Å². The van der Waals surface area contributed by atoms with Crippen LogP contribution in [-0.2, 0) is 29.3 Å². The number of allylic oxidation sites excluding steroid dienone is 1. The number of nitrogens with zero attached hydrogens (tertiary/aromatic N) is 1. The van der Waals surface area contributed by atoms with Gasteiger partial charge in [0.25, 0.3) is 0 Å². The zero-order valence-corrected chi connectivity index (χ0v) is 20.8. The zero-order valence-electron chi connectivity index (χ0n) is 20.0. The Morgan fingerprint density at radius 2 is 1.81 bits per heavy atom. The molecule has 2 aliphatic carbocycles. The number of hydrogen-bond donors (Lipinski definition) is 2. The summed E-state index contributed by atoms with van der Waals surface area (Å²) in [5, 5.41) is 12.9. The molecule has 0 aliphatic heterocycles. The third-order valence-corrected chi connectivity index (χ3v) is 8.12. The number of benzene rings is 3. The van der Waals surface area contributed by atoms with Gasteiger partial charge >= 0.3 is 0 Å². The number of fused-ring (bicyclic) bond motifs is 1. The van der Waals surface area contributed by atoms with E-state index >= 15 is 4.39 Å². The molecular formula is C29H25F2N3O2S. The van der Waals surface area contributed by atoms with Gasteiger partial charge in [0.2, 0.25) is 10.0 Å². The molecule has 0 radical (unpaired) electrons. The largest absolute Gasteiger partial charge is 0.282 e. The lowest BCUT2D eigenvalue weighted by molar-refractivity contribution is 0.567. The molecule has 188 valence electrons. The van der Waals surface area contributed by atoms with Crippen molar-refractivity contribution < 1.29 is 17.2 Å². The summed E-state index contributed by atoms with van der Waals surface area (Å²) in [6.45, 7) is 0. The summed E-state index contributed by atoms with van der Waals surface area (Å²) in [6.07, 6.45) is 6.16. The zero-order chi connectivity index (χ0) is 25.7. The maximum Gasteiger partial charge on any atom is 0.240 e. The summed E-state index contributed by atoms with van der Waals surface area (Å²) in [7, 11) is -4.15. The minimum atomic E-state index is -4.15. The molecule has 5 nitrogen and oxygen atoms in total. The lowest BCUT2D eigenvalue weighted by atomic mass is 9.94. The van der Waals surface area contributed by atoms with Crippen LogP contribution in [-0.4, -0.2) is 18.6 Å². The van der Waals surface area contributed by atoms with Gasteiger partial charge in [-0.3, -0.25) is 5.10 Å². The van der Waals surface area contributed by atoms with E-state index in [1.54, 1.807) is 12.1 Å². The molecule has 2 aliphatic rings. The second-order valence-electron chi connectivity index (χ2n) is 9.90. The Morgan fingerprint density at radius 1 is 1.00 bits per heavy atom. The van der Waals surface area contributed by atoms with Gasteiger partial charge in [-0.2, -0.15) is 5.10 Å². The van der Waals surface area contributed by atoms with Crippen molar-refractivity contribution in [1.29, 1.82) is 0 Å². The van der Waals surface area contributed by atoms with Gasteiger partial charge < -0.3 is 0 Å². The highest BCUT2D eigenvalue weighted by Gasteiger charge is 2.26. The van der Waals surface area contributed by atoms with Crippen LogP contribution >= 0.6 is 0 Å². The number of primary sulfonamides is 1. The van der Waals surface area contributed by atoms with Gasteiger partial charge in [0.05, 0.1) is 5.69 Å². The molecule has 6 rings (SSSR count). The summed E-state index contributed by atoms with van der Waals surface area (Å²) < 4.78 is 52.8. The van der Waals surface area contributed by atoms with Crippen molar-refractivity contribution in [3.8, 4) is 11.3 Å². The number of H-pyrrole nitrogens is 1. The fourth-order valence-electron chi connectivity index (χ4n) is 5.07. The van der Waals surface area contributed by atoms with Crippen LogP contribution in [0.5, 0.6) is 0 Å². The van der Waals surface area contributed by atoms with Crippen LogP contribution in [0.25, 0.3) is 22.9 Å². The first kappa shape index (κ1) is 23.8. The van der Waals surface area contributed by atoms with E-state index in [2.05, 4.69) is 16.3 Å². The molecule has 0 atom stereocenters. The van der Waals surface area contributed by atoms with Gasteiger partial charge in [-0.25, -0.2) is 22.3 Å².